The largest absolute Gasteiger partial charge is 0.497 e. The second-order valence-corrected chi connectivity index (χ2v) is 19.8. The molecule has 1 saturated heterocycles. The fraction of sp³-hybridized carbons (Fsp3) is 0.354. The van der Waals surface area contributed by atoms with E-state index in [1.165, 1.54) is 17.0 Å². The van der Waals surface area contributed by atoms with E-state index in [9.17, 15) is 27.6 Å². The highest BCUT2D eigenvalue weighted by Gasteiger charge is 2.61. The second-order valence-electron chi connectivity index (χ2n) is 18.1. The van der Waals surface area contributed by atoms with Crippen LogP contribution in [0.15, 0.2) is 115 Å². The van der Waals surface area contributed by atoms with Crippen LogP contribution in [0.3, 0.4) is 0 Å². The van der Waals surface area contributed by atoms with Gasteiger partial charge in [0.15, 0.2) is 0 Å². The molecular weight excluding hydrogens is 823 g/mol. The van der Waals surface area contributed by atoms with Crippen molar-refractivity contribution >= 4 is 55.5 Å². The van der Waals surface area contributed by atoms with Crippen LogP contribution in [0.4, 0.5) is 4.79 Å². The van der Waals surface area contributed by atoms with Crippen LogP contribution < -0.4 is 24.8 Å². The molecule has 2 fully saturated rings. The summed E-state index contributed by atoms with van der Waals surface area (Å²) in [6.07, 6.45) is -0.0481. The van der Waals surface area contributed by atoms with Gasteiger partial charge in [-0.05, 0) is 56.2 Å². The molecule has 3 N–H and O–H groups in total. The van der Waals surface area contributed by atoms with Crippen molar-refractivity contribution in [2.45, 2.75) is 88.6 Å². The molecule has 0 radical (unpaired) electrons. The third-order valence-corrected chi connectivity index (χ3v) is 12.7. The predicted molar refractivity (Wildman–Crippen MR) is 239 cm³/mol. The SMILES string of the molecule is C=C[C@@H]1C[C@]1(NC(=O)[C@@H]1C[C@@H](Oc2cc(-c3ccccc3)nc3cc(OC)ccc23)CN1C(=O)[C@@H](NC(=O)OC(C)(C)C)C(C)(C)C)C(=O)NS(=O)(=O)c1cccc2ccccc12. The zero-order valence-electron chi connectivity index (χ0n) is 36.4. The Labute approximate surface area is 367 Å². The first-order valence-electron chi connectivity index (χ1n) is 20.7. The molecule has 0 bridgehead atoms. The lowest BCUT2D eigenvalue weighted by Gasteiger charge is -2.36. The predicted octanol–water partition coefficient (Wildman–Crippen LogP) is 6.92. The summed E-state index contributed by atoms with van der Waals surface area (Å²) < 4.78 is 47.6. The van der Waals surface area contributed by atoms with E-state index in [-0.39, 0.29) is 24.3 Å². The van der Waals surface area contributed by atoms with Crippen LogP contribution in [0.2, 0.25) is 0 Å². The van der Waals surface area contributed by atoms with Crippen LogP contribution in [0.5, 0.6) is 11.5 Å². The maximum absolute atomic E-state index is 14.8. The van der Waals surface area contributed by atoms with Crippen molar-refractivity contribution in [3.05, 3.63) is 110 Å². The van der Waals surface area contributed by atoms with E-state index >= 15 is 0 Å². The molecule has 2 aliphatic rings. The molecule has 1 aliphatic carbocycles. The second kappa shape index (κ2) is 17.0. The molecule has 2 heterocycles. The Morgan fingerprint density at radius 2 is 1.60 bits per heavy atom. The highest BCUT2D eigenvalue weighted by Crippen LogP contribution is 2.45. The summed E-state index contributed by atoms with van der Waals surface area (Å²) in [6.45, 7) is 14.2. The number of ether oxygens (including phenoxy) is 3. The van der Waals surface area contributed by atoms with E-state index in [0.717, 1.165) is 5.56 Å². The first kappa shape index (κ1) is 44.6. The average molecular weight is 876 g/mol. The van der Waals surface area contributed by atoms with Gasteiger partial charge in [-0.15, -0.1) is 6.58 Å². The van der Waals surface area contributed by atoms with E-state index in [1.807, 2.05) is 36.4 Å². The third-order valence-electron chi connectivity index (χ3n) is 11.3. The van der Waals surface area contributed by atoms with Crippen molar-refractivity contribution in [1.82, 2.24) is 25.2 Å². The molecular formula is C48H53N5O9S. The molecule has 14 nitrogen and oxygen atoms in total. The van der Waals surface area contributed by atoms with Gasteiger partial charge in [-0.3, -0.25) is 14.4 Å². The smallest absolute Gasteiger partial charge is 0.408 e. The van der Waals surface area contributed by atoms with Crippen molar-refractivity contribution in [2.24, 2.45) is 11.3 Å². The number of alkyl carbamates (subject to hydrolysis) is 1. The molecule has 1 aromatic heterocycles. The first-order chi connectivity index (χ1) is 29.7. The quantitative estimate of drug-likeness (QED) is 0.111. The molecule has 7 rings (SSSR count). The van der Waals surface area contributed by atoms with E-state index in [4.69, 9.17) is 19.2 Å². The lowest BCUT2D eigenvalue weighted by atomic mass is 9.85. The average Bonchev–Trinajstić information content (AvgIpc) is 3.79. The molecule has 1 aliphatic heterocycles. The number of hydrogen-bond acceptors (Lipinski definition) is 10. The number of aromatic nitrogens is 1. The number of nitrogens with one attached hydrogen (secondary N) is 3. The van der Waals surface area contributed by atoms with E-state index in [2.05, 4.69) is 21.9 Å². The van der Waals surface area contributed by atoms with Crippen LogP contribution in [0.1, 0.15) is 54.4 Å². The number of likely N-dealkylation sites (tertiary alicyclic amines) is 1. The van der Waals surface area contributed by atoms with Crippen molar-refractivity contribution in [2.75, 3.05) is 13.7 Å². The minimum atomic E-state index is -4.42. The Morgan fingerprint density at radius 1 is 0.905 bits per heavy atom. The molecule has 0 spiro atoms. The number of nitrogens with zero attached hydrogens (tertiary/aromatic N) is 2. The van der Waals surface area contributed by atoms with Gasteiger partial charge >= 0.3 is 6.09 Å². The van der Waals surface area contributed by atoms with Crippen LogP contribution in [0.25, 0.3) is 32.9 Å². The van der Waals surface area contributed by atoms with Crippen molar-refractivity contribution in [3.8, 4) is 22.8 Å². The summed E-state index contributed by atoms with van der Waals surface area (Å²) in [5.41, 5.74) is -1.36. The fourth-order valence-corrected chi connectivity index (χ4v) is 9.26. The Hall–Kier alpha value is -6.48. The molecule has 5 aromatic rings. The molecule has 63 heavy (non-hydrogen) atoms. The Morgan fingerprint density at radius 3 is 2.27 bits per heavy atom. The minimum absolute atomic E-state index is 0.0216. The highest BCUT2D eigenvalue weighted by atomic mass is 32.2. The van der Waals surface area contributed by atoms with Crippen molar-refractivity contribution in [1.29, 1.82) is 0 Å². The molecule has 0 unspecified atom stereocenters. The summed E-state index contributed by atoms with van der Waals surface area (Å²) in [6, 6.07) is 26.0. The summed E-state index contributed by atoms with van der Waals surface area (Å²) in [4.78, 5) is 63.0. The molecule has 1 saturated carbocycles. The summed E-state index contributed by atoms with van der Waals surface area (Å²) in [7, 11) is -2.85. The van der Waals surface area contributed by atoms with Crippen LogP contribution in [-0.4, -0.2) is 85.1 Å². The standard InChI is InChI=1S/C48H53N5O9S/c1-9-31-27-48(31,44(56)52-63(58,59)40-21-15-19-29-16-13-14-20-34(29)40)51-42(54)38-25-33(28-53(38)43(55)41(46(2,3)4)50-45(57)62-47(5,6)7)61-39-26-36(30-17-11-10-12-18-30)49-37-24-32(60-8)22-23-35(37)39/h9-24,26,31,33,38,41H,1,25,27-28H2,2-8H3,(H,50,57)(H,51,54)(H,52,56)/t31-,33-,38+,41-,48-/m1/s1. The molecule has 330 valence electrons. The lowest BCUT2D eigenvalue weighted by Crippen LogP contribution is -2.60. The van der Waals surface area contributed by atoms with Crippen molar-refractivity contribution < 1.29 is 41.8 Å². The maximum atomic E-state index is 14.8. The number of pyridine rings is 1. The zero-order chi connectivity index (χ0) is 45.5. The molecule has 5 atom stereocenters. The number of sulfonamides is 1. The summed E-state index contributed by atoms with van der Waals surface area (Å²) in [5, 5.41) is 7.33. The van der Waals surface area contributed by atoms with Gasteiger partial charge in [0.25, 0.3) is 15.9 Å². The fourth-order valence-electron chi connectivity index (χ4n) is 7.99. The van der Waals surface area contributed by atoms with Gasteiger partial charge in [-0.1, -0.05) is 93.6 Å². The Kier molecular flexibility index (Phi) is 12.0. The van der Waals surface area contributed by atoms with Gasteiger partial charge in [0.2, 0.25) is 11.8 Å². The van der Waals surface area contributed by atoms with Gasteiger partial charge < -0.3 is 29.7 Å². The van der Waals surface area contributed by atoms with Gasteiger partial charge in [-0.2, -0.15) is 0 Å². The van der Waals surface area contributed by atoms with E-state index < -0.39 is 74.5 Å². The summed E-state index contributed by atoms with van der Waals surface area (Å²) in [5.74, 6) is -1.81. The van der Waals surface area contributed by atoms with E-state index in [0.29, 0.717) is 38.9 Å². The molecule has 4 amide bonds. The molecule has 4 aromatic carbocycles. The number of hydrogen-bond donors (Lipinski definition) is 3. The number of fused-ring (bicyclic) bond motifs is 2. The summed E-state index contributed by atoms with van der Waals surface area (Å²) >= 11 is 0. The highest BCUT2D eigenvalue weighted by molar-refractivity contribution is 7.90. The topological polar surface area (TPSA) is 182 Å². The maximum Gasteiger partial charge on any atom is 0.408 e. The van der Waals surface area contributed by atoms with Gasteiger partial charge in [0, 0.05) is 40.8 Å². The number of methoxy groups -OCH3 is 1. The monoisotopic (exact) mass is 875 g/mol. The van der Waals surface area contributed by atoms with E-state index in [1.54, 1.807) is 103 Å². The van der Waals surface area contributed by atoms with Crippen LogP contribution in [-0.2, 0) is 29.1 Å². The number of amides is 4. The lowest BCUT2D eigenvalue weighted by molar-refractivity contribution is -0.143. The first-order valence-corrected chi connectivity index (χ1v) is 22.2. The number of carbonyl (C=O) groups excluding carboxylic acids is 4. The number of carbonyl (C=O) groups is 4. The van der Waals surface area contributed by atoms with Crippen LogP contribution >= 0.6 is 0 Å². The van der Waals surface area contributed by atoms with Gasteiger partial charge in [0.05, 0.1) is 29.8 Å². The number of rotatable bonds is 12. The van der Waals surface area contributed by atoms with Gasteiger partial charge in [0.1, 0.15) is 40.8 Å². The molecule has 15 heteroatoms. The third kappa shape index (κ3) is 9.48. The Balaban J connectivity index is 1.22. The Bertz CT molecular complexity index is 2710. The van der Waals surface area contributed by atoms with Crippen molar-refractivity contribution in [3.63, 3.8) is 0 Å². The zero-order valence-corrected chi connectivity index (χ0v) is 37.2. The normalized spacial score (nSPS) is 20.4. The van der Waals surface area contributed by atoms with Crippen LogP contribution in [0, 0.1) is 11.3 Å². The van der Waals surface area contributed by atoms with Gasteiger partial charge in [-0.25, -0.2) is 22.9 Å². The number of benzene rings is 4. The minimum Gasteiger partial charge on any atom is -0.497 e.